The Labute approximate surface area is 180 Å². The third kappa shape index (κ3) is 4.24. The molecular weight excluding hydrogens is 421 g/mol. The Kier molecular flexibility index (Phi) is 5.61. The third-order valence-electron chi connectivity index (χ3n) is 4.49. The molecule has 4 aromatic rings. The van der Waals surface area contributed by atoms with Crippen LogP contribution in [0.4, 0.5) is 9.39 Å². The maximum Gasteiger partial charge on any atom is 0.264 e. The average Bonchev–Trinajstić information content (AvgIpc) is 3.29. The van der Waals surface area contributed by atoms with Crippen molar-refractivity contribution < 1.29 is 14.0 Å². The first-order chi connectivity index (χ1) is 14.4. The summed E-state index contributed by atoms with van der Waals surface area (Å²) in [6.45, 7) is 2.23. The van der Waals surface area contributed by atoms with Crippen molar-refractivity contribution >= 4 is 49.7 Å². The lowest BCUT2D eigenvalue weighted by molar-refractivity contribution is 0.0789. The molecule has 0 atom stereocenters. The van der Waals surface area contributed by atoms with Crippen LogP contribution in [0.15, 0.2) is 54.6 Å². The minimum absolute atomic E-state index is 0.136. The number of aromatic nitrogens is 1. The molecule has 5 nitrogen and oxygen atoms in total. The van der Waals surface area contributed by atoms with Crippen molar-refractivity contribution in [3.8, 4) is 0 Å². The summed E-state index contributed by atoms with van der Waals surface area (Å²) in [4.78, 5) is 32.0. The van der Waals surface area contributed by atoms with Crippen molar-refractivity contribution in [3.05, 3.63) is 81.4 Å². The number of nitrogens with zero attached hydrogens (tertiary/aromatic N) is 2. The van der Waals surface area contributed by atoms with Crippen molar-refractivity contribution in [1.29, 1.82) is 0 Å². The van der Waals surface area contributed by atoms with E-state index < -0.39 is 11.7 Å². The van der Waals surface area contributed by atoms with Crippen LogP contribution in [0.5, 0.6) is 0 Å². The Balaban J connectivity index is 1.47. The van der Waals surface area contributed by atoms with E-state index in [1.54, 1.807) is 29.4 Å². The maximum atomic E-state index is 13.3. The Bertz CT molecular complexity index is 1220. The molecule has 0 bridgehead atoms. The molecule has 0 fully saturated rings. The van der Waals surface area contributed by atoms with E-state index in [4.69, 9.17) is 0 Å². The van der Waals surface area contributed by atoms with Crippen molar-refractivity contribution in [2.45, 2.75) is 13.5 Å². The fourth-order valence-corrected chi connectivity index (χ4v) is 5.09. The van der Waals surface area contributed by atoms with Gasteiger partial charge < -0.3 is 10.2 Å². The summed E-state index contributed by atoms with van der Waals surface area (Å²) in [7, 11) is 1.73. The topological polar surface area (TPSA) is 62.3 Å². The summed E-state index contributed by atoms with van der Waals surface area (Å²) in [5, 5.41) is 4.14. The largest absolute Gasteiger partial charge is 0.334 e. The maximum absolute atomic E-state index is 13.3. The van der Waals surface area contributed by atoms with Crippen molar-refractivity contribution in [2.75, 3.05) is 12.4 Å². The number of para-hydroxylation sites is 1. The summed E-state index contributed by atoms with van der Waals surface area (Å²) in [6.07, 6.45) is 0. The molecule has 0 saturated carbocycles. The summed E-state index contributed by atoms with van der Waals surface area (Å²) >= 11 is 2.77. The van der Waals surface area contributed by atoms with E-state index in [2.05, 4.69) is 10.3 Å². The average molecular weight is 440 g/mol. The van der Waals surface area contributed by atoms with Gasteiger partial charge in [0.05, 0.1) is 26.6 Å². The third-order valence-corrected chi connectivity index (χ3v) is 6.65. The summed E-state index contributed by atoms with van der Waals surface area (Å²) in [5.41, 5.74) is 1.92. The van der Waals surface area contributed by atoms with Gasteiger partial charge in [-0.3, -0.25) is 9.59 Å². The van der Waals surface area contributed by atoms with Crippen LogP contribution < -0.4 is 5.32 Å². The number of benzene rings is 2. The lowest BCUT2D eigenvalue weighted by Crippen LogP contribution is -2.25. The highest BCUT2D eigenvalue weighted by Gasteiger charge is 2.20. The Morgan fingerprint density at radius 3 is 2.67 bits per heavy atom. The normalized spacial score (nSPS) is 10.9. The number of thiazole rings is 1. The van der Waals surface area contributed by atoms with E-state index in [1.165, 1.54) is 35.6 Å². The van der Waals surface area contributed by atoms with E-state index in [1.807, 2.05) is 31.2 Å². The van der Waals surface area contributed by atoms with Gasteiger partial charge in [-0.1, -0.05) is 18.2 Å². The molecule has 0 saturated heterocycles. The highest BCUT2D eigenvalue weighted by atomic mass is 32.1. The van der Waals surface area contributed by atoms with Crippen molar-refractivity contribution in [1.82, 2.24) is 9.88 Å². The monoisotopic (exact) mass is 439 g/mol. The second-order valence-electron chi connectivity index (χ2n) is 6.82. The van der Waals surface area contributed by atoms with Crippen molar-refractivity contribution in [2.24, 2.45) is 0 Å². The molecule has 0 aliphatic carbocycles. The number of anilines is 1. The van der Waals surface area contributed by atoms with Gasteiger partial charge in [0.25, 0.3) is 11.8 Å². The molecule has 0 aliphatic heterocycles. The molecule has 0 aliphatic rings. The number of fused-ring (bicyclic) bond motifs is 1. The van der Waals surface area contributed by atoms with Gasteiger partial charge in [-0.05, 0) is 48.9 Å². The molecule has 2 aromatic carbocycles. The van der Waals surface area contributed by atoms with Crippen LogP contribution in [0, 0.1) is 12.7 Å². The van der Waals surface area contributed by atoms with Gasteiger partial charge in [0.1, 0.15) is 10.8 Å². The van der Waals surface area contributed by atoms with E-state index in [-0.39, 0.29) is 11.5 Å². The molecule has 1 N–H and O–H groups in total. The van der Waals surface area contributed by atoms with E-state index in [0.29, 0.717) is 16.4 Å². The summed E-state index contributed by atoms with van der Waals surface area (Å²) in [5.74, 6) is -1.03. The number of halogens is 1. The first-order valence-electron chi connectivity index (χ1n) is 9.18. The molecule has 0 radical (unpaired) electrons. The van der Waals surface area contributed by atoms with Gasteiger partial charge in [0.15, 0.2) is 0 Å². The number of thiophene rings is 1. The van der Waals surface area contributed by atoms with Crippen LogP contribution in [0.3, 0.4) is 0 Å². The van der Waals surface area contributed by atoms with Crippen LogP contribution in [0.2, 0.25) is 0 Å². The SMILES string of the molecule is Cc1cc(NC(=O)c2cccc(F)c2)sc1C(=O)N(C)Cc1nc2ccccc2s1. The zero-order valence-corrected chi connectivity index (χ0v) is 17.9. The predicted molar refractivity (Wildman–Crippen MR) is 119 cm³/mol. The fraction of sp³-hybridized carbons (Fsp3) is 0.136. The van der Waals surface area contributed by atoms with E-state index in [0.717, 1.165) is 20.8 Å². The molecular formula is C22H18FN3O2S2. The number of hydrogen-bond acceptors (Lipinski definition) is 5. The Morgan fingerprint density at radius 1 is 1.10 bits per heavy atom. The highest BCUT2D eigenvalue weighted by Crippen LogP contribution is 2.29. The molecule has 152 valence electrons. The fourth-order valence-electron chi connectivity index (χ4n) is 3.01. The minimum atomic E-state index is -0.475. The molecule has 8 heteroatoms. The van der Waals surface area contributed by atoms with Gasteiger partial charge in [0.2, 0.25) is 0 Å². The van der Waals surface area contributed by atoms with Crippen LogP contribution in [-0.4, -0.2) is 28.7 Å². The first-order valence-corrected chi connectivity index (χ1v) is 10.8. The van der Waals surface area contributed by atoms with E-state index >= 15 is 0 Å². The molecule has 4 rings (SSSR count). The van der Waals surface area contributed by atoms with E-state index in [9.17, 15) is 14.0 Å². The minimum Gasteiger partial charge on any atom is -0.334 e. The lowest BCUT2D eigenvalue weighted by Gasteiger charge is -2.15. The van der Waals surface area contributed by atoms with Crippen molar-refractivity contribution in [3.63, 3.8) is 0 Å². The van der Waals surface area contributed by atoms with Crippen LogP contribution >= 0.6 is 22.7 Å². The Hall–Kier alpha value is -3.10. The van der Waals surface area contributed by atoms with Crippen LogP contribution in [-0.2, 0) is 6.54 Å². The molecule has 2 aromatic heterocycles. The number of rotatable bonds is 5. The van der Waals surface area contributed by atoms with Gasteiger partial charge in [-0.25, -0.2) is 9.37 Å². The highest BCUT2D eigenvalue weighted by molar-refractivity contribution is 7.18. The number of aryl methyl sites for hydroxylation is 1. The van der Waals surface area contributed by atoms with Crippen LogP contribution in [0.1, 0.15) is 30.6 Å². The zero-order valence-electron chi connectivity index (χ0n) is 16.3. The summed E-state index contributed by atoms with van der Waals surface area (Å²) in [6, 6.07) is 15.1. The number of amides is 2. The second-order valence-corrected chi connectivity index (χ2v) is 8.99. The second kappa shape index (κ2) is 8.33. The van der Waals surface area contributed by atoms with Gasteiger partial charge in [0, 0.05) is 12.6 Å². The number of carbonyl (C=O) groups excluding carboxylic acids is 2. The number of carbonyl (C=O) groups is 2. The number of hydrogen-bond donors (Lipinski definition) is 1. The molecule has 0 spiro atoms. The smallest absolute Gasteiger partial charge is 0.264 e. The Morgan fingerprint density at radius 2 is 1.90 bits per heavy atom. The van der Waals surface area contributed by atoms with Gasteiger partial charge >= 0.3 is 0 Å². The first kappa shape index (κ1) is 20.2. The lowest BCUT2D eigenvalue weighted by atomic mass is 10.2. The zero-order chi connectivity index (χ0) is 21.3. The number of nitrogens with one attached hydrogen (secondary N) is 1. The van der Waals surface area contributed by atoms with Crippen LogP contribution in [0.25, 0.3) is 10.2 Å². The molecule has 2 heterocycles. The molecule has 2 amide bonds. The molecule has 0 unspecified atom stereocenters. The quantitative estimate of drug-likeness (QED) is 0.457. The van der Waals surface area contributed by atoms with Gasteiger partial charge in [-0.15, -0.1) is 22.7 Å². The summed E-state index contributed by atoms with van der Waals surface area (Å²) < 4.78 is 14.4. The standard InChI is InChI=1S/C22H18FN3O2S2/c1-13-10-18(25-21(27)14-6-5-7-15(23)11-14)30-20(13)22(28)26(2)12-19-24-16-8-3-4-9-17(16)29-19/h3-11H,12H2,1-2H3,(H,25,27). The predicted octanol–water partition coefficient (Wildman–Crippen LogP) is 5.33. The van der Waals surface area contributed by atoms with Gasteiger partial charge in [-0.2, -0.15) is 0 Å². The molecule has 30 heavy (non-hydrogen) atoms.